The zero-order valence-electron chi connectivity index (χ0n) is 15.0. The smallest absolute Gasteiger partial charge is 0.306 e. The van der Waals surface area contributed by atoms with E-state index in [0.717, 1.165) is 22.8 Å². The normalized spacial score (nSPS) is 17.2. The number of hydrogen-bond acceptors (Lipinski definition) is 2. The predicted octanol–water partition coefficient (Wildman–Crippen LogP) is 4.47. The average Bonchev–Trinajstić information content (AvgIpc) is 2.57. The fourth-order valence-corrected chi connectivity index (χ4v) is 3.88. The molecule has 3 rings (SSSR count). The molecule has 0 radical (unpaired) electrons. The summed E-state index contributed by atoms with van der Waals surface area (Å²) < 4.78 is 28.0. The van der Waals surface area contributed by atoms with E-state index < -0.39 is 17.6 Å². The van der Waals surface area contributed by atoms with E-state index in [2.05, 4.69) is 11.0 Å². The summed E-state index contributed by atoms with van der Waals surface area (Å²) in [6.07, 6.45) is 1.05. The number of aryl methyl sites for hydroxylation is 2. The molecule has 0 amide bonds. The number of carboxylic acid groups (broad SMARTS) is 1. The van der Waals surface area contributed by atoms with Gasteiger partial charge in [-0.1, -0.05) is 35.4 Å². The molecule has 0 aliphatic carbocycles. The summed E-state index contributed by atoms with van der Waals surface area (Å²) in [7, 11) is 0. The molecular formula is C21H23F2NO2. The summed E-state index contributed by atoms with van der Waals surface area (Å²) in [4.78, 5) is 13.3. The molecule has 1 saturated heterocycles. The van der Waals surface area contributed by atoms with Crippen molar-refractivity contribution in [2.24, 2.45) is 5.92 Å². The molecule has 0 spiro atoms. The first kappa shape index (κ1) is 18.5. The number of nitrogens with zero attached hydrogens (tertiary/aromatic N) is 1. The summed E-state index contributed by atoms with van der Waals surface area (Å²) in [5, 5.41) is 9.22. The number of piperidine rings is 1. The second kappa shape index (κ2) is 7.54. The van der Waals surface area contributed by atoms with Gasteiger partial charge in [-0.15, -0.1) is 0 Å². The number of benzene rings is 2. The summed E-state index contributed by atoms with van der Waals surface area (Å²) >= 11 is 0. The first-order valence-corrected chi connectivity index (χ1v) is 8.85. The highest BCUT2D eigenvalue weighted by Crippen LogP contribution is 2.35. The first-order valence-electron chi connectivity index (χ1n) is 8.85. The van der Waals surface area contributed by atoms with Crippen LogP contribution in [0.2, 0.25) is 0 Å². The van der Waals surface area contributed by atoms with Crippen molar-refractivity contribution >= 4 is 5.97 Å². The highest BCUT2D eigenvalue weighted by Gasteiger charge is 2.31. The van der Waals surface area contributed by atoms with Gasteiger partial charge in [-0.3, -0.25) is 9.69 Å². The molecule has 1 atom stereocenters. The van der Waals surface area contributed by atoms with Crippen LogP contribution in [0.4, 0.5) is 8.78 Å². The number of aliphatic carboxylic acids is 1. The van der Waals surface area contributed by atoms with E-state index in [4.69, 9.17) is 0 Å². The number of rotatable bonds is 4. The van der Waals surface area contributed by atoms with E-state index in [9.17, 15) is 18.7 Å². The van der Waals surface area contributed by atoms with Crippen molar-refractivity contribution in [3.05, 3.63) is 70.3 Å². The van der Waals surface area contributed by atoms with Gasteiger partial charge in [0.2, 0.25) is 0 Å². The second-order valence-electron chi connectivity index (χ2n) is 7.14. The Kier molecular flexibility index (Phi) is 5.37. The fraction of sp³-hybridized carbons (Fsp3) is 0.381. The maximum atomic E-state index is 14.6. The number of likely N-dealkylation sites (tertiary alicyclic amines) is 1. The van der Waals surface area contributed by atoms with Gasteiger partial charge in [0.25, 0.3) is 0 Å². The van der Waals surface area contributed by atoms with Gasteiger partial charge in [0.1, 0.15) is 11.6 Å². The van der Waals surface area contributed by atoms with E-state index in [1.54, 1.807) is 0 Å². The Bertz CT molecular complexity index is 793. The maximum absolute atomic E-state index is 14.6. The second-order valence-corrected chi connectivity index (χ2v) is 7.14. The predicted molar refractivity (Wildman–Crippen MR) is 96.0 cm³/mol. The van der Waals surface area contributed by atoms with Crippen molar-refractivity contribution in [2.75, 3.05) is 13.1 Å². The minimum atomic E-state index is -0.777. The van der Waals surface area contributed by atoms with Gasteiger partial charge in [-0.2, -0.15) is 0 Å². The van der Waals surface area contributed by atoms with Gasteiger partial charge in [0, 0.05) is 11.6 Å². The van der Waals surface area contributed by atoms with Crippen LogP contribution in [0.15, 0.2) is 36.4 Å². The maximum Gasteiger partial charge on any atom is 0.306 e. The largest absolute Gasteiger partial charge is 0.481 e. The molecule has 1 aliphatic rings. The minimum absolute atomic E-state index is 0.357. The van der Waals surface area contributed by atoms with Crippen LogP contribution in [0.25, 0.3) is 0 Å². The summed E-state index contributed by atoms with van der Waals surface area (Å²) in [6, 6.07) is 9.42. The number of carbonyl (C=O) groups is 1. The van der Waals surface area contributed by atoms with Crippen molar-refractivity contribution in [3.8, 4) is 0 Å². The summed E-state index contributed by atoms with van der Waals surface area (Å²) in [5.41, 5.74) is 3.52. The van der Waals surface area contributed by atoms with Gasteiger partial charge < -0.3 is 5.11 Å². The molecule has 1 unspecified atom stereocenters. The third-order valence-electron chi connectivity index (χ3n) is 5.06. The molecule has 1 aliphatic heterocycles. The molecule has 1 N–H and O–H groups in total. The zero-order valence-corrected chi connectivity index (χ0v) is 15.0. The number of hydrogen-bond donors (Lipinski definition) is 1. The molecule has 2 aromatic rings. The molecule has 1 fully saturated rings. The zero-order chi connectivity index (χ0) is 18.8. The Morgan fingerprint density at radius 2 is 1.69 bits per heavy atom. The van der Waals surface area contributed by atoms with Crippen molar-refractivity contribution < 1.29 is 18.7 Å². The molecule has 2 aromatic carbocycles. The van der Waals surface area contributed by atoms with Gasteiger partial charge >= 0.3 is 5.97 Å². The third kappa shape index (κ3) is 3.93. The number of halogens is 2. The minimum Gasteiger partial charge on any atom is -0.481 e. The molecule has 3 nitrogen and oxygen atoms in total. The Balaban J connectivity index is 2.01. The average molecular weight is 359 g/mol. The SMILES string of the molecule is Cc1cc(C)cc(C(c2ccc(F)cc2F)N2CCC(C(=O)O)CC2)c1. The van der Waals surface area contributed by atoms with Crippen LogP contribution in [0.5, 0.6) is 0 Å². The van der Waals surface area contributed by atoms with E-state index in [0.29, 0.717) is 31.5 Å². The van der Waals surface area contributed by atoms with E-state index in [-0.39, 0.29) is 12.0 Å². The van der Waals surface area contributed by atoms with Gasteiger partial charge in [0.15, 0.2) is 0 Å². The first-order chi connectivity index (χ1) is 12.3. The van der Waals surface area contributed by atoms with Crippen LogP contribution in [-0.4, -0.2) is 29.1 Å². The van der Waals surface area contributed by atoms with Crippen molar-refractivity contribution in [3.63, 3.8) is 0 Å². The lowest BCUT2D eigenvalue weighted by molar-refractivity contribution is -0.143. The van der Waals surface area contributed by atoms with Crippen LogP contribution in [0.1, 0.15) is 41.1 Å². The monoisotopic (exact) mass is 359 g/mol. The van der Waals surface area contributed by atoms with Crippen molar-refractivity contribution in [2.45, 2.75) is 32.7 Å². The topological polar surface area (TPSA) is 40.5 Å². The summed E-state index contributed by atoms with van der Waals surface area (Å²) in [5.74, 6) is -2.31. The Hall–Kier alpha value is -2.27. The number of carboxylic acids is 1. The molecule has 5 heteroatoms. The lowest BCUT2D eigenvalue weighted by Crippen LogP contribution is -2.39. The highest BCUT2D eigenvalue weighted by molar-refractivity contribution is 5.70. The molecule has 0 saturated carbocycles. The molecular weight excluding hydrogens is 336 g/mol. The molecule has 138 valence electrons. The van der Waals surface area contributed by atoms with Crippen LogP contribution in [0.3, 0.4) is 0 Å². The highest BCUT2D eigenvalue weighted by atomic mass is 19.1. The van der Waals surface area contributed by atoms with E-state index in [1.165, 1.54) is 12.1 Å². The standard InChI is InChI=1S/C21H23F2NO2/c1-13-9-14(2)11-16(10-13)20(18-4-3-17(22)12-19(18)23)24-7-5-15(6-8-24)21(25)26/h3-4,9-12,15,20H,5-8H2,1-2H3,(H,25,26). The van der Waals surface area contributed by atoms with Gasteiger partial charge in [-0.25, -0.2) is 8.78 Å². The molecule has 0 bridgehead atoms. The van der Waals surface area contributed by atoms with Crippen LogP contribution < -0.4 is 0 Å². The van der Waals surface area contributed by atoms with Gasteiger partial charge in [-0.05, 0) is 51.4 Å². The quantitative estimate of drug-likeness (QED) is 0.876. The van der Waals surface area contributed by atoms with Crippen molar-refractivity contribution in [1.29, 1.82) is 0 Å². The fourth-order valence-electron chi connectivity index (χ4n) is 3.88. The Labute approximate surface area is 152 Å². The van der Waals surface area contributed by atoms with E-state index in [1.807, 2.05) is 26.0 Å². The Morgan fingerprint density at radius 1 is 1.08 bits per heavy atom. The van der Waals surface area contributed by atoms with Crippen LogP contribution in [-0.2, 0) is 4.79 Å². The summed E-state index contributed by atoms with van der Waals surface area (Å²) in [6.45, 7) is 5.10. The molecule has 0 aromatic heterocycles. The van der Waals surface area contributed by atoms with Crippen molar-refractivity contribution in [1.82, 2.24) is 4.90 Å². The Morgan fingerprint density at radius 3 is 2.23 bits per heavy atom. The lowest BCUT2D eigenvalue weighted by atomic mass is 9.90. The molecule has 26 heavy (non-hydrogen) atoms. The van der Waals surface area contributed by atoms with Gasteiger partial charge in [0.05, 0.1) is 12.0 Å². The molecule has 1 heterocycles. The lowest BCUT2D eigenvalue weighted by Gasteiger charge is -2.37. The van der Waals surface area contributed by atoms with E-state index >= 15 is 0 Å². The van der Waals surface area contributed by atoms with Crippen LogP contribution in [0, 0.1) is 31.4 Å². The third-order valence-corrected chi connectivity index (χ3v) is 5.06. The van der Waals surface area contributed by atoms with Crippen LogP contribution >= 0.6 is 0 Å².